The molecule has 51 heavy (non-hydrogen) atoms. The lowest BCUT2D eigenvalue weighted by Crippen LogP contribution is -2.15. The minimum absolute atomic E-state index is 0.168. The van der Waals surface area contributed by atoms with Crippen molar-refractivity contribution in [3.63, 3.8) is 0 Å². The van der Waals surface area contributed by atoms with Crippen LogP contribution in [0.1, 0.15) is 11.1 Å². The number of hydrogen-bond donors (Lipinski definition) is 4. The highest BCUT2D eigenvalue weighted by atomic mass is 16.3. The summed E-state index contributed by atoms with van der Waals surface area (Å²) in [6.45, 7) is 0. The van der Waals surface area contributed by atoms with Crippen LogP contribution in [0.5, 0.6) is 0 Å². The summed E-state index contributed by atoms with van der Waals surface area (Å²) in [5, 5.41) is 1.81. The fraction of sp³-hybridized carbons (Fsp3) is 0.0244. The molecule has 6 heterocycles. The first-order valence-electron chi connectivity index (χ1n) is 16.4. The minimum atomic E-state index is -0.209. The molecule has 0 aliphatic heterocycles. The molecule has 4 N–H and O–H groups in total. The van der Waals surface area contributed by atoms with Gasteiger partial charge >= 0.3 is 0 Å². The highest BCUT2D eigenvalue weighted by molar-refractivity contribution is 6.11. The molecule has 10 nitrogen and oxygen atoms in total. The number of hydrogen-bond acceptors (Lipinski definition) is 6. The summed E-state index contributed by atoms with van der Waals surface area (Å²) in [5.41, 5.74) is 10.9. The molecule has 6 aromatic heterocycles. The van der Waals surface area contributed by atoms with Crippen molar-refractivity contribution in [2.24, 2.45) is 0 Å². The summed E-state index contributed by atoms with van der Waals surface area (Å²) in [4.78, 5) is 49.0. The standard InChI is InChI=1S/C41H26N6O4/c48-33-21-29(23-5-3-7-25(19-23)40-42-13-15-50-40)37-35(46-33)28-12-11-22(18-32(28)45-37)17-30-34(24-6-4-8-26(20-24)41-43-14-16-51-41)38-36(47-39(30)49)27-9-1-2-10-31(27)44-38/h1-16,18-21,44-45H,17H2,(H,46,48)(H,47,49). The van der Waals surface area contributed by atoms with Crippen LogP contribution in [-0.2, 0) is 6.42 Å². The largest absolute Gasteiger partial charge is 0.445 e. The first kappa shape index (κ1) is 28.8. The number of H-pyrrole nitrogens is 4. The summed E-state index contributed by atoms with van der Waals surface area (Å²) in [7, 11) is 0. The van der Waals surface area contributed by atoms with Gasteiger partial charge in [0, 0.05) is 62.1 Å². The van der Waals surface area contributed by atoms with Crippen LogP contribution in [0, 0.1) is 0 Å². The van der Waals surface area contributed by atoms with Crippen molar-refractivity contribution >= 4 is 43.9 Å². The number of nitrogens with one attached hydrogen (secondary N) is 4. The lowest BCUT2D eigenvalue weighted by Gasteiger charge is -2.12. The maximum atomic E-state index is 14.1. The molecule has 0 saturated carbocycles. The molecule has 244 valence electrons. The van der Waals surface area contributed by atoms with E-state index in [0.717, 1.165) is 77.3 Å². The second-order valence-electron chi connectivity index (χ2n) is 12.5. The van der Waals surface area contributed by atoms with Gasteiger partial charge in [0.25, 0.3) is 5.56 Å². The van der Waals surface area contributed by atoms with Crippen LogP contribution in [0.4, 0.5) is 0 Å². The fourth-order valence-electron chi connectivity index (χ4n) is 7.24. The van der Waals surface area contributed by atoms with Crippen molar-refractivity contribution in [1.29, 1.82) is 0 Å². The Kier molecular flexibility index (Phi) is 6.31. The van der Waals surface area contributed by atoms with Gasteiger partial charge in [-0.25, -0.2) is 9.97 Å². The average molecular weight is 667 g/mol. The number of rotatable bonds is 6. The molecule has 0 aliphatic rings. The van der Waals surface area contributed by atoms with E-state index in [1.165, 1.54) is 6.26 Å². The third-order valence-electron chi connectivity index (χ3n) is 9.49. The van der Waals surface area contributed by atoms with Gasteiger partial charge in [0.1, 0.15) is 12.5 Å². The van der Waals surface area contributed by atoms with Crippen molar-refractivity contribution in [1.82, 2.24) is 29.9 Å². The first-order valence-corrected chi connectivity index (χ1v) is 16.4. The number of oxazole rings is 2. The second-order valence-corrected chi connectivity index (χ2v) is 12.5. The van der Waals surface area contributed by atoms with Gasteiger partial charge in [0.05, 0.1) is 34.5 Å². The summed E-state index contributed by atoms with van der Waals surface area (Å²) in [6.07, 6.45) is 6.66. The Morgan fingerprint density at radius 3 is 1.98 bits per heavy atom. The summed E-state index contributed by atoms with van der Waals surface area (Å²) >= 11 is 0. The van der Waals surface area contributed by atoms with E-state index < -0.39 is 0 Å². The van der Waals surface area contributed by atoms with Gasteiger partial charge in [-0.05, 0) is 53.1 Å². The van der Waals surface area contributed by atoms with Crippen LogP contribution in [0.15, 0.2) is 140 Å². The third-order valence-corrected chi connectivity index (χ3v) is 9.49. The normalized spacial score (nSPS) is 11.8. The quantitative estimate of drug-likeness (QED) is 0.140. The molecular weight excluding hydrogens is 640 g/mol. The Morgan fingerprint density at radius 1 is 0.549 bits per heavy atom. The molecule has 4 aromatic carbocycles. The number of aromatic amines is 4. The Balaban J connectivity index is 1.13. The molecule has 0 spiro atoms. The lowest BCUT2D eigenvalue weighted by atomic mass is 9.93. The lowest BCUT2D eigenvalue weighted by molar-refractivity contribution is 0.574. The summed E-state index contributed by atoms with van der Waals surface area (Å²) in [6, 6.07) is 31.2. The number of aromatic nitrogens is 6. The van der Waals surface area contributed by atoms with Crippen LogP contribution >= 0.6 is 0 Å². The van der Waals surface area contributed by atoms with Crippen molar-refractivity contribution in [2.45, 2.75) is 6.42 Å². The molecule has 0 bridgehead atoms. The highest BCUT2D eigenvalue weighted by Gasteiger charge is 2.20. The zero-order valence-electron chi connectivity index (χ0n) is 26.8. The molecule has 10 heteroatoms. The van der Waals surface area contributed by atoms with Gasteiger partial charge in [0.15, 0.2) is 0 Å². The zero-order valence-corrected chi connectivity index (χ0v) is 26.8. The van der Waals surface area contributed by atoms with Gasteiger partial charge < -0.3 is 28.8 Å². The monoisotopic (exact) mass is 666 g/mol. The number of fused-ring (bicyclic) bond motifs is 6. The fourth-order valence-corrected chi connectivity index (χ4v) is 7.24. The Hall–Kier alpha value is -7.20. The predicted octanol–water partition coefficient (Wildman–Crippen LogP) is 8.57. The van der Waals surface area contributed by atoms with Crippen LogP contribution in [-0.4, -0.2) is 29.9 Å². The first-order chi connectivity index (χ1) is 25.1. The topological polar surface area (TPSA) is 149 Å². The zero-order chi connectivity index (χ0) is 34.1. The molecule has 0 aliphatic carbocycles. The van der Waals surface area contributed by atoms with Crippen molar-refractivity contribution in [3.8, 4) is 45.2 Å². The molecule has 0 amide bonds. The van der Waals surface area contributed by atoms with Crippen molar-refractivity contribution in [3.05, 3.63) is 154 Å². The summed E-state index contributed by atoms with van der Waals surface area (Å²) < 4.78 is 11.1. The van der Waals surface area contributed by atoms with Crippen LogP contribution in [0.2, 0.25) is 0 Å². The highest BCUT2D eigenvalue weighted by Crippen LogP contribution is 2.37. The van der Waals surface area contributed by atoms with E-state index >= 15 is 0 Å². The SMILES string of the molecule is O=c1cc(-c2cccc(-c3ncco3)c2)c2[nH]c3cc(Cc4c(-c5cccc(-c6ncco6)c5)c5[nH]c6ccccc6c5[nH]c4=O)ccc3c2[nH]1. The maximum absolute atomic E-state index is 14.1. The molecule has 0 atom stereocenters. The molecule has 0 fully saturated rings. The number of nitrogens with zero attached hydrogens (tertiary/aromatic N) is 2. The van der Waals surface area contributed by atoms with Crippen molar-refractivity contribution < 1.29 is 8.83 Å². The van der Waals surface area contributed by atoms with E-state index in [4.69, 9.17) is 8.83 Å². The van der Waals surface area contributed by atoms with Crippen LogP contribution in [0.25, 0.3) is 89.0 Å². The van der Waals surface area contributed by atoms with Gasteiger partial charge in [-0.3, -0.25) is 9.59 Å². The van der Waals surface area contributed by atoms with Crippen molar-refractivity contribution in [2.75, 3.05) is 0 Å². The number of benzene rings is 4. The molecule has 0 saturated heterocycles. The predicted molar refractivity (Wildman–Crippen MR) is 198 cm³/mol. The van der Waals surface area contributed by atoms with E-state index in [-0.39, 0.29) is 11.1 Å². The van der Waals surface area contributed by atoms with E-state index in [1.807, 2.05) is 91.0 Å². The summed E-state index contributed by atoms with van der Waals surface area (Å²) in [5.74, 6) is 1.01. The average Bonchev–Trinajstić information content (AvgIpc) is 3.99. The van der Waals surface area contributed by atoms with Crippen LogP contribution < -0.4 is 11.1 Å². The van der Waals surface area contributed by atoms with E-state index in [2.05, 4.69) is 29.9 Å². The molecule has 0 radical (unpaired) electrons. The van der Waals surface area contributed by atoms with Gasteiger partial charge in [0.2, 0.25) is 17.3 Å². The Bertz CT molecular complexity index is 3050. The van der Waals surface area contributed by atoms with Gasteiger partial charge in [-0.15, -0.1) is 0 Å². The van der Waals surface area contributed by atoms with Crippen LogP contribution in [0.3, 0.4) is 0 Å². The van der Waals surface area contributed by atoms with Gasteiger partial charge in [-0.1, -0.05) is 54.6 Å². The van der Waals surface area contributed by atoms with Gasteiger partial charge in [-0.2, -0.15) is 0 Å². The minimum Gasteiger partial charge on any atom is -0.445 e. The molecule has 10 aromatic rings. The molecule has 10 rings (SSSR count). The third kappa shape index (κ3) is 4.72. The number of para-hydroxylation sites is 1. The van der Waals surface area contributed by atoms with E-state index in [9.17, 15) is 9.59 Å². The second kappa shape index (κ2) is 11.2. The Morgan fingerprint density at radius 2 is 1.22 bits per heavy atom. The number of pyridine rings is 2. The molecule has 0 unspecified atom stereocenters. The maximum Gasteiger partial charge on any atom is 0.252 e. The smallest absolute Gasteiger partial charge is 0.252 e. The Labute approximate surface area is 287 Å². The molecular formula is C41H26N6O4. The van der Waals surface area contributed by atoms with E-state index in [1.54, 1.807) is 24.7 Å². The van der Waals surface area contributed by atoms with E-state index in [0.29, 0.717) is 29.3 Å².